The van der Waals surface area contributed by atoms with Crippen molar-refractivity contribution in [2.24, 2.45) is 0 Å². The van der Waals surface area contributed by atoms with Crippen LogP contribution in [0.2, 0.25) is 0 Å². The fourth-order valence-corrected chi connectivity index (χ4v) is 1.47. The smallest absolute Gasteiger partial charge is 0.309 e. The van der Waals surface area contributed by atoms with E-state index in [1.807, 2.05) is 18.2 Å². The van der Waals surface area contributed by atoms with Gasteiger partial charge in [-0.2, -0.15) is 0 Å². The van der Waals surface area contributed by atoms with Crippen LogP contribution in [0.5, 0.6) is 0 Å². The summed E-state index contributed by atoms with van der Waals surface area (Å²) in [5.74, 6) is -0.300. The quantitative estimate of drug-likeness (QED) is 0.625. The highest BCUT2D eigenvalue weighted by molar-refractivity contribution is 5.87. The van der Waals surface area contributed by atoms with Gasteiger partial charge in [-0.25, -0.2) is 0 Å². The van der Waals surface area contributed by atoms with Gasteiger partial charge in [0, 0.05) is 11.3 Å². The van der Waals surface area contributed by atoms with E-state index in [-0.39, 0.29) is 12.4 Å². The lowest BCUT2D eigenvalue weighted by Gasteiger charge is -2.09. The third-order valence-corrected chi connectivity index (χ3v) is 2.49. The van der Waals surface area contributed by atoms with Crippen LogP contribution in [0.25, 0.3) is 5.57 Å². The third kappa shape index (κ3) is 2.86. The number of hydrogen-bond acceptors (Lipinski definition) is 3. The number of nitrogens with two attached hydrogens (primary N) is 1. The summed E-state index contributed by atoms with van der Waals surface area (Å²) < 4.78 is 4.60. The lowest BCUT2D eigenvalue weighted by Crippen LogP contribution is -2.03. The minimum absolute atomic E-state index is 0.174. The number of carbonyl (C=O) groups is 1. The number of nitrogen functional groups attached to an aromatic ring is 1. The van der Waals surface area contributed by atoms with Crippen LogP contribution in [0.15, 0.2) is 24.8 Å². The van der Waals surface area contributed by atoms with Gasteiger partial charge in [0.05, 0.1) is 13.5 Å². The zero-order chi connectivity index (χ0) is 12.1. The molecule has 3 heteroatoms. The third-order valence-electron chi connectivity index (χ3n) is 2.49. The van der Waals surface area contributed by atoms with Crippen molar-refractivity contribution < 1.29 is 9.53 Å². The summed E-state index contributed by atoms with van der Waals surface area (Å²) in [6, 6.07) is 5.79. The molecule has 0 aliphatic carbocycles. The first-order valence-corrected chi connectivity index (χ1v) is 5.21. The Morgan fingerprint density at radius 1 is 1.50 bits per heavy atom. The van der Waals surface area contributed by atoms with Crippen molar-refractivity contribution in [3.05, 3.63) is 35.9 Å². The summed E-state index contributed by atoms with van der Waals surface area (Å²) in [4.78, 5) is 11.1. The number of esters is 1. The van der Waals surface area contributed by atoms with E-state index in [2.05, 4.69) is 18.2 Å². The number of anilines is 1. The van der Waals surface area contributed by atoms with E-state index in [9.17, 15) is 4.79 Å². The van der Waals surface area contributed by atoms with Crippen molar-refractivity contribution in [2.75, 3.05) is 12.8 Å². The minimum atomic E-state index is -0.300. The Hall–Kier alpha value is -1.77. The van der Waals surface area contributed by atoms with Crippen LogP contribution < -0.4 is 5.73 Å². The molecule has 0 saturated heterocycles. The standard InChI is InChI=1S/C13H17NO2/c1-4-10-5-6-12(14)11(8-10)9(2)7-13(15)16-3/h5-6,8H,2,4,7,14H2,1,3H3. The van der Waals surface area contributed by atoms with Crippen LogP contribution in [0.1, 0.15) is 24.5 Å². The topological polar surface area (TPSA) is 52.3 Å². The van der Waals surface area contributed by atoms with E-state index in [0.717, 1.165) is 12.0 Å². The Bertz CT molecular complexity index is 410. The van der Waals surface area contributed by atoms with Gasteiger partial charge < -0.3 is 10.5 Å². The Morgan fingerprint density at radius 3 is 2.75 bits per heavy atom. The van der Waals surface area contributed by atoms with Gasteiger partial charge in [0.2, 0.25) is 0 Å². The average molecular weight is 219 g/mol. The molecule has 1 aromatic carbocycles. The van der Waals surface area contributed by atoms with Gasteiger partial charge in [0.1, 0.15) is 0 Å². The molecule has 3 nitrogen and oxygen atoms in total. The van der Waals surface area contributed by atoms with Crippen molar-refractivity contribution >= 4 is 17.2 Å². The molecule has 0 aromatic heterocycles. The highest BCUT2D eigenvalue weighted by atomic mass is 16.5. The monoisotopic (exact) mass is 219 g/mol. The van der Waals surface area contributed by atoms with E-state index in [0.29, 0.717) is 11.3 Å². The molecular formula is C13H17NO2. The summed E-state index contributed by atoms with van der Waals surface area (Å²) in [6.07, 6.45) is 1.10. The predicted molar refractivity (Wildman–Crippen MR) is 65.9 cm³/mol. The van der Waals surface area contributed by atoms with Crippen molar-refractivity contribution in [1.29, 1.82) is 0 Å². The normalized spacial score (nSPS) is 9.88. The van der Waals surface area contributed by atoms with Crippen LogP contribution in [0, 0.1) is 0 Å². The summed E-state index contributed by atoms with van der Waals surface area (Å²) >= 11 is 0. The van der Waals surface area contributed by atoms with Crippen LogP contribution in [0.3, 0.4) is 0 Å². The molecule has 0 bridgehead atoms. The molecule has 0 atom stereocenters. The average Bonchev–Trinajstić information content (AvgIpc) is 2.29. The Balaban J connectivity index is 2.93. The first kappa shape index (κ1) is 12.3. The van der Waals surface area contributed by atoms with Crippen LogP contribution in [0.4, 0.5) is 5.69 Å². The molecule has 0 radical (unpaired) electrons. The lowest BCUT2D eigenvalue weighted by molar-refractivity contribution is -0.139. The first-order valence-electron chi connectivity index (χ1n) is 5.21. The first-order chi connectivity index (χ1) is 7.58. The molecule has 0 aliphatic heterocycles. The van der Waals surface area contributed by atoms with Crippen LogP contribution in [-0.4, -0.2) is 13.1 Å². The van der Waals surface area contributed by atoms with E-state index < -0.39 is 0 Å². The SMILES string of the molecule is C=C(CC(=O)OC)c1cc(CC)ccc1N. The molecular weight excluding hydrogens is 202 g/mol. The molecule has 0 unspecified atom stereocenters. The van der Waals surface area contributed by atoms with Gasteiger partial charge in [-0.15, -0.1) is 0 Å². The molecule has 0 spiro atoms. The van der Waals surface area contributed by atoms with Gasteiger partial charge in [-0.3, -0.25) is 4.79 Å². The van der Waals surface area contributed by atoms with E-state index in [1.165, 1.54) is 12.7 Å². The highest BCUT2D eigenvalue weighted by Crippen LogP contribution is 2.24. The molecule has 0 fully saturated rings. The Morgan fingerprint density at radius 2 is 2.19 bits per heavy atom. The predicted octanol–water partition coefficient (Wildman–Crippen LogP) is 2.41. The molecule has 86 valence electrons. The second-order valence-electron chi connectivity index (χ2n) is 3.63. The van der Waals surface area contributed by atoms with Crippen LogP contribution >= 0.6 is 0 Å². The number of ether oxygens (including phenoxy) is 1. The minimum Gasteiger partial charge on any atom is -0.469 e. The van der Waals surface area contributed by atoms with Crippen molar-refractivity contribution in [1.82, 2.24) is 0 Å². The second-order valence-corrected chi connectivity index (χ2v) is 3.63. The Labute approximate surface area is 95.9 Å². The highest BCUT2D eigenvalue weighted by Gasteiger charge is 2.09. The lowest BCUT2D eigenvalue weighted by atomic mass is 9.99. The van der Waals surface area contributed by atoms with E-state index >= 15 is 0 Å². The summed E-state index contributed by atoms with van der Waals surface area (Å²) in [6.45, 7) is 5.94. The van der Waals surface area contributed by atoms with Crippen LogP contribution in [-0.2, 0) is 16.0 Å². The molecule has 1 rings (SSSR count). The number of benzene rings is 1. The van der Waals surface area contributed by atoms with Gasteiger partial charge in [0.15, 0.2) is 0 Å². The van der Waals surface area contributed by atoms with Crippen molar-refractivity contribution in [3.8, 4) is 0 Å². The summed E-state index contributed by atoms with van der Waals surface area (Å²) in [7, 11) is 1.36. The van der Waals surface area contributed by atoms with Gasteiger partial charge >= 0.3 is 5.97 Å². The zero-order valence-electron chi connectivity index (χ0n) is 9.75. The molecule has 0 aliphatic rings. The van der Waals surface area contributed by atoms with Crippen molar-refractivity contribution in [2.45, 2.75) is 19.8 Å². The number of aryl methyl sites for hydroxylation is 1. The molecule has 2 N–H and O–H groups in total. The van der Waals surface area contributed by atoms with Crippen molar-refractivity contribution in [3.63, 3.8) is 0 Å². The largest absolute Gasteiger partial charge is 0.469 e. The summed E-state index contributed by atoms with van der Waals surface area (Å²) in [5.41, 5.74) is 9.20. The van der Waals surface area contributed by atoms with Gasteiger partial charge in [0.25, 0.3) is 0 Å². The molecule has 16 heavy (non-hydrogen) atoms. The number of hydrogen-bond donors (Lipinski definition) is 1. The molecule has 0 saturated carbocycles. The zero-order valence-corrected chi connectivity index (χ0v) is 9.75. The van der Waals surface area contributed by atoms with Gasteiger partial charge in [-0.05, 0) is 29.7 Å². The fourth-order valence-electron chi connectivity index (χ4n) is 1.47. The number of rotatable bonds is 4. The Kier molecular flexibility index (Phi) is 4.11. The number of methoxy groups -OCH3 is 1. The summed E-state index contributed by atoms with van der Waals surface area (Å²) in [5, 5.41) is 0. The molecule has 0 heterocycles. The maximum Gasteiger partial charge on any atom is 0.309 e. The van der Waals surface area contributed by atoms with E-state index in [4.69, 9.17) is 5.73 Å². The number of carbonyl (C=O) groups excluding carboxylic acids is 1. The van der Waals surface area contributed by atoms with E-state index in [1.54, 1.807) is 0 Å². The second kappa shape index (κ2) is 5.35. The van der Waals surface area contributed by atoms with Gasteiger partial charge in [-0.1, -0.05) is 19.6 Å². The molecule has 1 aromatic rings. The maximum absolute atomic E-state index is 11.1. The maximum atomic E-state index is 11.1. The fraction of sp³-hybridized carbons (Fsp3) is 0.308. The molecule has 0 amide bonds.